The molecule has 1 N–H and O–H groups in total. The van der Waals surface area contributed by atoms with Crippen LogP contribution in [-0.2, 0) is 0 Å². The summed E-state index contributed by atoms with van der Waals surface area (Å²) in [4.78, 5) is 14.4. The molecule has 3 nitrogen and oxygen atoms in total. The van der Waals surface area contributed by atoms with Crippen LogP contribution in [0.4, 0.5) is 0 Å². The van der Waals surface area contributed by atoms with Gasteiger partial charge in [-0.15, -0.1) is 0 Å². The number of nitrogens with zero attached hydrogens (tertiary/aromatic N) is 1. The maximum Gasteiger partial charge on any atom is 0.254 e. The number of piperazine rings is 1. The molecule has 2 rings (SSSR count). The SMILES string of the molecule is Cc1cc(C(=O)N2CCNC(C)(C)C2)cc(Cl)c1Br. The molecule has 5 heteroatoms. The minimum absolute atomic E-state index is 0.0396. The summed E-state index contributed by atoms with van der Waals surface area (Å²) in [6, 6.07) is 3.61. The van der Waals surface area contributed by atoms with Gasteiger partial charge in [0.2, 0.25) is 0 Å². The van der Waals surface area contributed by atoms with Gasteiger partial charge in [0, 0.05) is 35.2 Å². The highest BCUT2D eigenvalue weighted by Crippen LogP contribution is 2.28. The quantitative estimate of drug-likeness (QED) is 0.847. The van der Waals surface area contributed by atoms with Crippen LogP contribution in [0.1, 0.15) is 29.8 Å². The average molecular weight is 346 g/mol. The van der Waals surface area contributed by atoms with E-state index >= 15 is 0 Å². The standard InChI is InChI=1S/C14H18BrClN2O/c1-9-6-10(7-11(16)12(9)15)13(19)18-5-4-17-14(2,3)8-18/h6-7,17H,4-5,8H2,1-3H3. The number of aryl methyl sites for hydroxylation is 1. The Morgan fingerprint density at radius 1 is 1.47 bits per heavy atom. The Labute approximate surface area is 127 Å². The van der Waals surface area contributed by atoms with Crippen molar-refractivity contribution in [1.82, 2.24) is 10.2 Å². The molecule has 0 saturated carbocycles. The maximum atomic E-state index is 12.5. The fraction of sp³-hybridized carbons (Fsp3) is 0.500. The Hall–Kier alpha value is -0.580. The molecular weight excluding hydrogens is 328 g/mol. The van der Waals surface area contributed by atoms with E-state index in [-0.39, 0.29) is 11.4 Å². The lowest BCUT2D eigenvalue weighted by Gasteiger charge is -2.39. The van der Waals surface area contributed by atoms with Crippen molar-refractivity contribution in [3.05, 3.63) is 32.8 Å². The summed E-state index contributed by atoms with van der Waals surface area (Å²) in [5.74, 6) is 0.0482. The van der Waals surface area contributed by atoms with Crippen LogP contribution in [0.5, 0.6) is 0 Å². The molecule has 1 saturated heterocycles. The number of halogens is 2. The van der Waals surface area contributed by atoms with Crippen LogP contribution in [0.2, 0.25) is 5.02 Å². The normalized spacial score (nSPS) is 18.5. The Morgan fingerprint density at radius 3 is 2.74 bits per heavy atom. The largest absolute Gasteiger partial charge is 0.336 e. The number of carbonyl (C=O) groups excluding carboxylic acids is 1. The summed E-state index contributed by atoms with van der Waals surface area (Å²) < 4.78 is 0.853. The zero-order chi connectivity index (χ0) is 14.2. The highest BCUT2D eigenvalue weighted by atomic mass is 79.9. The van der Waals surface area contributed by atoms with Crippen LogP contribution in [0.25, 0.3) is 0 Å². The monoisotopic (exact) mass is 344 g/mol. The van der Waals surface area contributed by atoms with Crippen LogP contribution in [0, 0.1) is 6.92 Å². The van der Waals surface area contributed by atoms with Crippen LogP contribution >= 0.6 is 27.5 Å². The van der Waals surface area contributed by atoms with Gasteiger partial charge in [0.1, 0.15) is 0 Å². The first-order valence-electron chi connectivity index (χ1n) is 6.30. The van der Waals surface area contributed by atoms with Crippen LogP contribution < -0.4 is 5.32 Å². The van der Waals surface area contributed by atoms with Gasteiger partial charge in [-0.3, -0.25) is 4.79 Å². The number of carbonyl (C=O) groups is 1. The van der Waals surface area contributed by atoms with Crippen molar-refractivity contribution in [3.8, 4) is 0 Å². The second kappa shape index (κ2) is 5.43. The van der Waals surface area contributed by atoms with E-state index in [1.54, 1.807) is 6.07 Å². The van der Waals surface area contributed by atoms with Crippen LogP contribution in [0.3, 0.4) is 0 Å². The molecule has 19 heavy (non-hydrogen) atoms. The molecule has 1 fully saturated rings. The number of hydrogen-bond acceptors (Lipinski definition) is 2. The first-order valence-corrected chi connectivity index (χ1v) is 7.47. The predicted molar refractivity (Wildman–Crippen MR) is 81.9 cm³/mol. The zero-order valence-corrected chi connectivity index (χ0v) is 13.7. The van der Waals surface area contributed by atoms with Crippen molar-refractivity contribution in [2.45, 2.75) is 26.3 Å². The number of nitrogens with one attached hydrogen (secondary N) is 1. The molecule has 1 amide bonds. The van der Waals surface area contributed by atoms with E-state index in [1.807, 2.05) is 17.9 Å². The topological polar surface area (TPSA) is 32.3 Å². The minimum atomic E-state index is -0.0396. The second-order valence-corrected chi connectivity index (χ2v) is 6.83. The fourth-order valence-corrected chi connectivity index (χ4v) is 2.84. The minimum Gasteiger partial charge on any atom is -0.336 e. The highest BCUT2D eigenvalue weighted by Gasteiger charge is 2.29. The van der Waals surface area contributed by atoms with E-state index in [0.29, 0.717) is 17.1 Å². The van der Waals surface area contributed by atoms with Crippen molar-refractivity contribution in [1.29, 1.82) is 0 Å². The molecule has 104 valence electrons. The number of rotatable bonds is 1. The lowest BCUT2D eigenvalue weighted by Crippen LogP contribution is -2.58. The molecule has 1 aromatic rings. The summed E-state index contributed by atoms with van der Waals surface area (Å²) in [5.41, 5.74) is 1.59. The molecule has 1 aliphatic heterocycles. The average Bonchev–Trinajstić information content (AvgIpc) is 2.33. The highest BCUT2D eigenvalue weighted by molar-refractivity contribution is 9.10. The summed E-state index contributed by atoms with van der Waals surface area (Å²) in [6.07, 6.45) is 0. The van der Waals surface area contributed by atoms with Gasteiger partial charge < -0.3 is 10.2 Å². The predicted octanol–water partition coefficient (Wildman–Crippen LogP) is 3.23. The first-order chi connectivity index (χ1) is 8.80. The van der Waals surface area contributed by atoms with Crippen molar-refractivity contribution in [2.24, 2.45) is 0 Å². The lowest BCUT2D eigenvalue weighted by molar-refractivity contribution is 0.0652. The number of benzene rings is 1. The van der Waals surface area contributed by atoms with E-state index < -0.39 is 0 Å². The molecule has 1 aliphatic rings. The molecule has 0 unspecified atom stereocenters. The van der Waals surface area contributed by atoms with E-state index in [4.69, 9.17) is 11.6 Å². The van der Waals surface area contributed by atoms with Gasteiger partial charge in [-0.05, 0) is 54.4 Å². The second-order valence-electron chi connectivity index (χ2n) is 5.63. The Morgan fingerprint density at radius 2 is 2.16 bits per heavy atom. The van der Waals surface area contributed by atoms with E-state index in [9.17, 15) is 4.79 Å². The summed E-state index contributed by atoms with van der Waals surface area (Å²) in [5, 5.41) is 3.98. The van der Waals surface area contributed by atoms with Crippen LogP contribution in [0.15, 0.2) is 16.6 Å². The third kappa shape index (κ3) is 3.30. The molecule has 1 aromatic carbocycles. The van der Waals surface area contributed by atoms with E-state index in [2.05, 4.69) is 35.1 Å². The van der Waals surface area contributed by atoms with Gasteiger partial charge in [-0.2, -0.15) is 0 Å². The van der Waals surface area contributed by atoms with Crippen molar-refractivity contribution in [2.75, 3.05) is 19.6 Å². The molecule has 0 bridgehead atoms. The Balaban J connectivity index is 2.25. The molecule has 0 radical (unpaired) electrons. The van der Waals surface area contributed by atoms with Gasteiger partial charge >= 0.3 is 0 Å². The summed E-state index contributed by atoms with van der Waals surface area (Å²) in [7, 11) is 0. The maximum absolute atomic E-state index is 12.5. The fourth-order valence-electron chi connectivity index (χ4n) is 2.35. The van der Waals surface area contributed by atoms with Gasteiger partial charge in [-0.25, -0.2) is 0 Å². The molecular formula is C14H18BrClN2O. The molecule has 0 aromatic heterocycles. The Bertz CT molecular complexity index is 493. The molecule has 1 heterocycles. The van der Waals surface area contributed by atoms with Gasteiger partial charge in [0.05, 0.1) is 5.02 Å². The van der Waals surface area contributed by atoms with E-state index in [1.165, 1.54) is 0 Å². The smallest absolute Gasteiger partial charge is 0.254 e. The molecule has 0 aliphatic carbocycles. The van der Waals surface area contributed by atoms with Crippen molar-refractivity contribution < 1.29 is 4.79 Å². The van der Waals surface area contributed by atoms with Crippen molar-refractivity contribution in [3.63, 3.8) is 0 Å². The first kappa shape index (κ1) is 14.8. The Kier molecular flexibility index (Phi) is 4.23. The van der Waals surface area contributed by atoms with Crippen molar-refractivity contribution >= 4 is 33.4 Å². The van der Waals surface area contributed by atoms with Crippen LogP contribution in [-0.4, -0.2) is 36.0 Å². The summed E-state index contributed by atoms with van der Waals surface area (Å²) in [6.45, 7) is 8.41. The third-order valence-electron chi connectivity index (χ3n) is 3.32. The number of hydrogen-bond donors (Lipinski definition) is 1. The van der Waals surface area contributed by atoms with E-state index in [0.717, 1.165) is 23.1 Å². The molecule has 0 atom stereocenters. The third-order valence-corrected chi connectivity index (χ3v) is 4.89. The van der Waals surface area contributed by atoms with Gasteiger partial charge in [0.15, 0.2) is 0 Å². The lowest BCUT2D eigenvalue weighted by atomic mass is 10.0. The van der Waals surface area contributed by atoms with Gasteiger partial charge in [-0.1, -0.05) is 11.6 Å². The van der Waals surface area contributed by atoms with Gasteiger partial charge in [0.25, 0.3) is 5.91 Å². The number of amides is 1. The molecule has 0 spiro atoms. The zero-order valence-electron chi connectivity index (χ0n) is 11.4. The summed E-state index contributed by atoms with van der Waals surface area (Å²) >= 11 is 9.54.